The van der Waals surface area contributed by atoms with E-state index in [1.54, 1.807) is 6.20 Å². The third-order valence-electron chi connectivity index (χ3n) is 1.62. The fourth-order valence-electron chi connectivity index (χ4n) is 1.15. The largest absolute Gasteiger partial charge is 0.248 e. The van der Waals surface area contributed by atoms with E-state index in [0.29, 0.717) is 5.92 Å². The van der Waals surface area contributed by atoms with Gasteiger partial charge in [0.2, 0.25) is 0 Å². The molecule has 0 unspecified atom stereocenters. The minimum atomic E-state index is 0.665. The average Bonchev–Trinajstić information content (AvgIpc) is 2.03. The number of hydrogen-bond donors (Lipinski definition) is 0. The highest BCUT2D eigenvalue weighted by atomic mass is 14.6. The van der Waals surface area contributed by atoms with Crippen molar-refractivity contribution in [3.8, 4) is 12.3 Å². The molecule has 0 bridgehead atoms. The maximum Gasteiger partial charge on any atom is 0.113 e. The van der Waals surface area contributed by atoms with E-state index in [0.717, 1.165) is 12.1 Å². The van der Waals surface area contributed by atoms with E-state index in [2.05, 4.69) is 24.8 Å². The third kappa shape index (κ3) is 2.39. The maximum absolute atomic E-state index is 5.24. The number of aromatic nitrogens is 1. The van der Waals surface area contributed by atoms with Crippen LogP contribution in [0.2, 0.25) is 0 Å². The van der Waals surface area contributed by atoms with Crippen LogP contribution in [-0.4, -0.2) is 4.98 Å². The first-order chi connectivity index (χ1) is 5.72. The summed E-state index contributed by atoms with van der Waals surface area (Å²) < 4.78 is 0. The van der Waals surface area contributed by atoms with E-state index in [9.17, 15) is 0 Å². The van der Waals surface area contributed by atoms with Crippen LogP contribution in [0.4, 0.5) is 0 Å². The van der Waals surface area contributed by atoms with E-state index in [-0.39, 0.29) is 0 Å². The van der Waals surface area contributed by atoms with Crippen molar-refractivity contribution in [2.75, 3.05) is 0 Å². The molecule has 62 valence electrons. The van der Waals surface area contributed by atoms with Gasteiger partial charge in [-0.1, -0.05) is 19.8 Å². The Morgan fingerprint density at radius 2 is 2.33 bits per heavy atom. The van der Waals surface area contributed by atoms with Crippen molar-refractivity contribution < 1.29 is 0 Å². The predicted molar refractivity (Wildman–Crippen MR) is 50.7 cm³/mol. The van der Waals surface area contributed by atoms with Crippen LogP contribution >= 0.6 is 0 Å². The summed E-state index contributed by atoms with van der Waals surface area (Å²) in [7, 11) is 0. The molecule has 0 saturated carbocycles. The Bertz CT molecular complexity index is 294. The molecule has 0 aliphatic rings. The number of rotatable bonds is 2. The lowest BCUT2D eigenvalue weighted by Crippen LogP contribution is -1.95. The molecule has 1 aromatic heterocycles. The first-order valence-corrected chi connectivity index (χ1v) is 4.14. The second kappa shape index (κ2) is 3.92. The zero-order chi connectivity index (χ0) is 8.97. The van der Waals surface area contributed by atoms with Gasteiger partial charge in [0.05, 0.1) is 0 Å². The number of hydrogen-bond acceptors (Lipinski definition) is 1. The molecule has 0 atom stereocenters. The van der Waals surface area contributed by atoms with E-state index >= 15 is 0 Å². The van der Waals surface area contributed by atoms with Gasteiger partial charge < -0.3 is 0 Å². The smallest absolute Gasteiger partial charge is 0.113 e. The summed E-state index contributed by atoms with van der Waals surface area (Å²) in [6.45, 7) is 4.38. The van der Waals surface area contributed by atoms with Crippen LogP contribution in [-0.2, 0) is 6.42 Å². The molecule has 0 fully saturated rings. The lowest BCUT2D eigenvalue weighted by Gasteiger charge is -2.03. The van der Waals surface area contributed by atoms with Crippen molar-refractivity contribution in [1.29, 1.82) is 0 Å². The van der Waals surface area contributed by atoms with E-state index in [1.807, 2.05) is 12.1 Å². The molecule has 0 saturated heterocycles. The van der Waals surface area contributed by atoms with Crippen molar-refractivity contribution >= 4 is 0 Å². The van der Waals surface area contributed by atoms with E-state index < -0.39 is 0 Å². The molecule has 1 aromatic rings. The normalized spacial score (nSPS) is 9.83. The molecular formula is C11H13N. The molecule has 12 heavy (non-hydrogen) atoms. The molecule has 0 aromatic carbocycles. The lowest BCUT2D eigenvalue weighted by atomic mass is 10.0. The molecule has 0 radical (unpaired) electrons. The SMILES string of the molecule is C#Cc1cc(CC(C)C)ccn1. The van der Waals surface area contributed by atoms with Crippen LogP contribution < -0.4 is 0 Å². The van der Waals surface area contributed by atoms with Crippen LogP contribution in [0.1, 0.15) is 25.1 Å². The Hall–Kier alpha value is -1.29. The van der Waals surface area contributed by atoms with E-state index in [1.165, 1.54) is 5.56 Å². The summed E-state index contributed by atoms with van der Waals surface area (Å²) in [5, 5.41) is 0. The second-order valence-electron chi connectivity index (χ2n) is 3.29. The summed E-state index contributed by atoms with van der Waals surface area (Å²) in [4.78, 5) is 4.03. The Labute approximate surface area is 73.8 Å². The molecule has 0 aliphatic heterocycles. The van der Waals surface area contributed by atoms with Crippen LogP contribution in [0.5, 0.6) is 0 Å². The van der Waals surface area contributed by atoms with Crippen molar-refractivity contribution in [1.82, 2.24) is 4.98 Å². The maximum atomic E-state index is 5.24. The first kappa shape index (κ1) is 8.80. The number of nitrogens with zero attached hydrogens (tertiary/aromatic N) is 1. The standard InChI is InChI=1S/C11H13N/c1-4-11-8-10(5-6-12-11)7-9(2)3/h1,5-6,8-9H,7H2,2-3H3. The van der Waals surface area contributed by atoms with Gasteiger partial charge in [-0.05, 0) is 30.0 Å². The zero-order valence-corrected chi connectivity index (χ0v) is 7.54. The molecule has 1 heterocycles. The summed E-state index contributed by atoms with van der Waals surface area (Å²) >= 11 is 0. The Kier molecular flexibility index (Phi) is 2.88. The van der Waals surface area contributed by atoms with Crippen LogP contribution in [0.25, 0.3) is 0 Å². The van der Waals surface area contributed by atoms with Gasteiger partial charge in [-0.3, -0.25) is 0 Å². The van der Waals surface area contributed by atoms with Crippen molar-refractivity contribution in [2.24, 2.45) is 5.92 Å². The molecule has 1 heteroatoms. The number of pyridine rings is 1. The lowest BCUT2D eigenvalue weighted by molar-refractivity contribution is 0.646. The van der Waals surface area contributed by atoms with Gasteiger partial charge in [0, 0.05) is 6.20 Å². The molecule has 1 nitrogen and oxygen atoms in total. The summed E-state index contributed by atoms with van der Waals surface area (Å²) in [6, 6.07) is 3.99. The highest BCUT2D eigenvalue weighted by molar-refractivity contribution is 5.28. The summed E-state index contributed by atoms with van der Waals surface area (Å²) in [5.74, 6) is 3.19. The summed E-state index contributed by atoms with van der Waals surface area (Å²) in [6.07, 6.45) is 8.07. The fourth-order valence-corrected chi connectivity index (χ4v) is 1.15. The zero-order valence-electron chi connectivity index (χ0n) is 7.54. The molecule has 0 amide bonds. The third-order valence-corrected chi connectivity index (χ3v) is 1.62. The van der Waals surface area contributed by atoms with Crippen molar-refractivity contribution in [3.63, 3.8) is 0 Å². The topological polar surface area (TPSA) is 12.9 Å². The quantitative estimate of drug-likeness (QED) is 0.603. The van der Waals surface area contributed by atoms with Gasteiger partial charge in [0.1, 0.15) is 5.69 Å². The molecular weight excluding hydrogens is 146 g/mol. The minimum absolute atomic E-state index is 0.665. The molecule has 0 spiro atoms. The molecule has 0 N–H and O–H groups in total. The molecule has 0 aliphatic carbocycles. The predicted octanol–water partition coefficient (Wildman–Crippen LogP) is 2.26. The Morgan fingerprint density at radius 3 is 2.92 bits per heavy atom. The Balaban J connectivity index is 2.81. The highest BCUT2D eigenvalue weighted by Gasteiger charge is 1.97. The van der Waals surface area contributed by atoms with E-state index in [4.69, 9.17) is 6.42 Å². The van der Waals surface area contributed by atoms with Gasteiger partial charge in [-0.15, -0.1) is 6.42 Å². The first-order valence-electron chi connectivity index (χ1n) is 4.14. The van der Waals surface area contributed by atoms with Gasteiger partial charge in [-0.2, -0.15) is 0 Å². The van der Waals surface area contributed by atoms with Crippen LogP contribution in [0, 0.1) is 18.3 Å². The number of terminal acetylenes is 1. The van der Waals surface area contributed by atoms with Gasteiger partial charge in [-0.25, -0.2) is 4.98 Å². The summed E-state index contributed by atoms with van der Waals surface area (Å²) in [5.41, 5.74) is 2.00. The highest BCUT2D eigenvalue weighted by Crippen LogP contribution is 2.07. The molecule has 1 rings (SSSR count). The second-order valence-corrected chi connectivity index (χ2v) is 3.29. The van der Waals surface area contributed by atoms with Crippen LogP contribution in [0.15, 0.2) is 18.3 Å². The minimum Gasteiger partial charge on any atom is -0.248 e. The fraction of sp³-hybridized carbons (Fsp3) is 0.364. The van der Waals surface area contributed by atoms with Crippen molar-refractivity contribution in [2.45, 2.75) is 20.3 Å². The van der Waals surface area contributed by atoms with Crippen molar-refractivity contribution in [3.05, 3.63) is 29.6 Å². The Morgan fingerprint density at radius 1 is 1.58 bits per heavy atom. The van der Waals surface area contributed by atoms with Gasteiger partial charge >= 0.3 is 0 Å². The van der Waals surface area contributed by atoms with Gasteiger partial charge in [0.25, 0.3) is 0 Å². The van der Waals surface area contributed by atoms with Gasteiger partial charge in [0.15, 0.2) is 0 Å². The average molecular weight is 159 g/mol. The monoisotopic (exact) mass is 159 g/mol. The van der Waals surface area contributed by atoms with Crippen LogP contribution in [0.3, 0.4) is 0 Å².